The topological polar surface area (TPSA) is 48.4 Å². The lowest BCUT2D eigenvalue weighted by Gasteiger charge is -1.87. The van der Waals surface area contributed by atoms with Gasteiger partial charge in [0, 0.05) is 11.8 Å². The summed E-state index contributed by atoms with van der Waals surface area (Å²) in [6, 6.07) is 0. The molecule has 0 bridgehead atoms. The molecule has 0 aliphatic carbocycles. The summed E-state index contributed by atoms with van der Waals surface area (Å²) in [6.45, 7) is 0. The molecule has 0 aliphatic heterocycles. The Bertz CT molecular complexity index is 138. The van der Waals surface area contributed by atoms with Gasteiger partial charge >= 0.3 is 6.20 Å². The Morgan fingerprint density at radius 1 is 1.78 bits per heavy atom. The van der Waals surface area contributed by atoms with Crippen molar-refractivity contribution in [2.24, 2.45) is 0 Å². The van der Waals surface area contributed by atoms with Gasteiger partial charge < -0.3 is 5.11 Å². The Labute approximate surface area is 62.1 Å². The summed E-state index contributed by atoms with van der Waals surface area (Å²) >= 11 is 3.20. The lowest BCUT2D eigenvalue weighted by molar-refractivity contribution is 0.387. The van der Waals surface area contributed by atoms with E-state index in [1.165, 1.54) is 0 Å². The fourth-order valence-electron chi connectivity index (χ4n) is 0.379. The third-order valence-electron chi connectivity index (χ3n) is 0.773. The molecule has 0 radical (unpaired) electrons. The van der Waals surface area contributed by atoms with Gasteiger partial charge in [-0.1, -0.05) is 15.9 Å². The summed E-state index contributed by atoms with van der Waals surface area (Å²) in [5.41, 5.74) is 0. The van der Waals surface area contributed by atoms with E-state index >= 15 is 0 Å². The molecule has 0 amide bonds. The van der Waals surface area contributed by atoms with Gasteiger partial charge in [-0.25, -0.2) is 0 Å². The molecule has 0 heterocycles. The molecule has 1 N–H and O–H groups in total. The van der Waals surface area contributed by atoms with Crippen LogP contribution in [0.25, 0.3) is 4.98 Å². The van der Waals surface area contributed by atoms with Crippen LogP contribution in [-0.2, 0) is 0 Å². The Morgan fingerprint density at radius 3 is 2.89 bits per heavy atom. The molecule has 0 aromatic heterocycles. The van der Waals surface area contributed by atoms with Crippen LogP contribution in [0, 0.1) is 5.39 Å². The molecule has 50 valence electrons. The van der Waals surface area contributed by atoms with Crippen LogP contribution < -0.4 is 0 Å². The van der Waals surface area contributed by atoms with Crippen molar-refractivity contribution in [3.63, 3.8) is 0 Å². The van der Waals surface area contributed by atoms with Crippen molar-refractivity contribution in [1.29, 1.82) is 5.39 Å². The molecule has 0 fully saturated rings. The van der Waals surface area contributed by atoms with E-state index in [4.69, 9.17) is 10.5 Å². The van der Waals surface area contributed by atoms with Crippen LogP contribution >= 0.6 is 15.9 Å². The number of halogens is 1. The maximum Gasteiger partial charge on any atom is 0.387 e. The van der Waals surface area contributed by atoms with Gasteiger partial charge in [-0.3, -0.25) is 0 Å². The minimum atomic E-state index is 0.108. The first-order valence-electron chi connectivity index (χ1n) is 2.59. The summed E-state index contributed by atoms with van der Waals surface area (Å²) in [5.74, 6) is 0.108. The predicted molar refractivity (Wildman–Crippen MR) is 38.8 cm³/mol. The van der Waals surface area contributed by atoms with Crippen molar-refractivity contribution in [2.45, 2.75) is 12.8 Å². The van der Waals surface area contributed by atoms with Crippen molar-refractivity contribution in [2.75, 3.05) is 5.33 Å². The maximum atomic E-state index is 8.77. The average molecular weight is 192 g/mol. The van der Waals surface area contributed by atoms with Gasteiger partial charge in [0.25, 0.3) is 0 Å². The zero-order valence-corrected chi connectivity index (χ0v) is 6.50. The SMILES string of the molecule is N#[N+]/C=C(\O)CCCBr. The zero-order chi connectivity index (χ0) is 7.11. The number of nitrogens with zero attached hydrogens (tertiary/aromatic N) is 2. The molecule has 9 heavy (non-hydrogen) atoms. The molecule has 3 nitrogen and oxygen atoms in total. The second kappa shape index (κ2) is 5.57. The minimum absolute atomic E-state index is 0.108. The van der Waals surface area contributed by atoms with E-state index in [0.717, 1.165) is 18.0 Å². The predicted octanol–water partition coefficient (Wildman–Crippen LogP) is 2.41. The van der Waals surface area contributed by atoms with Gasteiger partial charge in [0.15, 0.2) is 10.7 Å². The highest BCUT2D eigenvalue weighted by Gasteiger charge is 1.96. The number of hydrogen-bond donors (Lipinski definition) is 1. The Hall–Kier alpha value is -0.560. The highest BCUT2D eigenvalue weighted by molar-refractivity contribution is 9.09. The van der Waals surface area contributed by atoms with Crippen molar-refractivity contribution >= 4 is 15.9 Å². The van der Waals surface area contributed by atoms with E-state index in [1.807, 2.05) is 0 Å². The second-order valence-electron chi connectivity index (χ2n) is 1.53. The highest BCUT2D eigenvalue weighted by atomic mass is 79.9. The molecular weight excluding hydrogens is 184 g/mol. The van der Waals surface area contributed by atoms with E-state index in [2.05, 4.69) is 20.9 Å². The summed E-state index contributed by atoms with van der Waals surface area (Å²) < 4.78 is 0. The fraction of sp³-hybridized carbons (Fsp3) is 0.600. The monoisotopic (exact) mass is 191 g/mol. The number of diazo groups is 1. The van der Waals surface area contributed by atoms with E-state index in [0.29, 0.717) is 6.42 Å². The molecule has 0 aromatic carbocycles. The molecule has 0 saturated heterocycles. The Kier molecular flexibility index (Phi) is 5.23. The Morgan fingerprint density at radius 2 is 2.44 bits per heavy atom. The van der Waals surface area contributed by atoms with Gasteiger partial charge in [-0.05, 0) is 6.42 Å². The summed E-state index contributed by atoms with van der Waals surface area (Å²) in [5, 5.41) is 17.5. The van der Waals surface area contributed by atoms with Crippen LogP contribution in [0.5, 0.6) is 0 Å². The minimum Gasteiger partial charge on any atom is -0.505 e. The summed E-state index contributed by atoms with van der Waals surface area (Å²) in [6.07, 6.45) is 2.43. The summed E-state index contributed by atoms with van der Waals surface area (Å²) in [4.78, 5) is 2.66. The fourth-order valence-corrected chi connectivity index (χ4v) is 0.659. The number of hydrogen-bond acceptors (Lipinski definition) is 2. The van der Waals surface area contributed by atoms with Gasteiger partial charge in [-0.2, -0.15) is 0 Å². The quantitative estimate of drug-likeness (QED) is 0.424. The molecule has 0 saturated carbocycles. The number of aliphatic hydroxyl groups is 1. The Balaban J connectivity index is 3.40. The smallest absolute Gasteiger partial charge is 0.387 e. The van der Waals surface area contributed by atoms with E-state index in [1.54, 1.807) is 0 Å². The molecule has 0 atom stereocenters. The molecular formula is C5H8BrN2O+. The molecule has 0 aromatic rings. The van der Waals surface area contributed by atoms with Crippen molar-refractivity contribution in [3.05, 3.63) is 16.9 Å². The average Bonchev–Trinajstić information content (AvgIpc) is 1.85. The third-order valence-corrected chi connectivity index (χ3v) is 1.33. The van der Waals surface area contributed by atoms with Crippen LogP contribution in [0.4, 0.5) is 0 Å². The van der Waals surface area contributed by atoms with Crippen LogP contribution in [-0.4, -0.2) is 10.4 Å². The summed E-state index contributed by atoms with van der Waals surface area (Å²) in [7, 11) is 0. The number of allylic oxidation sites excluding steroid dienone is 1. The first kappa shape index (κ1) is 8.44. The van der Waals surface area contributed by atoms with Gasteiger partial charge in [0.1, 0.15) is 0 Å². The van der Waals surface area contributed by atoms with Crippen LogP contribution in [0.1, 0.15) is 12.8 Å². The standard InChI is InChI=1S/C5H7BrN2O/c6-3-1-2-5(9)4-8-7/h4H,1-3H2/p+1/b5-4-. The lowest BCUT2D eigenvalue weighted by Crippen LogP contribution is -1.80. The van der Waals surface area contributed by atoms with Crippen molar-refractivity contribution in [3.8, 4) is 0 Å². The first-order valence-corrected chi connectivity index (χ1v) is 3.71. The van der Waals surface area contributed by atoms with Crippen molar-refractivity contribution < 1.29 is 5.11 Å². The highest BCUT2D eigenvalue weighted by Crippen LogP contribution is 2.02. The first-order chi connectivity index (χ1) is 4.31. The van der Waals surface area contributed by atoms with Gasteiger partial charge in [0.05, 0.1) is 0 Å². The second-order valence-corrected chi connectivity index (χ2v) is 2.32. The van der Waals surface area contributed by atoms with Crippen LogP contribution in [0.2, 0.25) is 0 Å². The van der Waals surface area contributed by atoms with E-state index in [9.17, 15) is 0 Å². The number of alkyl halides is 1. The van der Waals surface area contributed by atoms with E-state index < -0.39 is 0 Å². The normalized spacial score (nSPS) is 10.9. The zero-order valence-electron chi connectivity index (χ0n) is 4.92. The van der Waals surface area contributed by atoms with Crippen LogP contribution in [0.3, 0.4) is 0 Å². The van der Waals surface area contributed by atoms with E-state index in [-0.39, 0.29) is 5.76 Å². The molecule has 0 unspecified atom stereocenters. The molecule has 0 rings (SSSR count). The molecule has 0 spiro atoms. The maximum absolute atomic E-state index is 8.77. The molecule has 0 aliphatic rings. The van der Waals surface area contributed by atoms with Crippen molar-refractivity contribution in [1.82, 2.24) is 0 Å². The third kappa shape index (κ3) is 5.31. The molecule has 4 heteroatoms. The van der Waals surface area contributed by atoms with Crippen LogP contribution in [0.15, 0.2) is 12.0 Å². The lowest BCUT2D eigenvalue weighted by atomic mass is 10.3. The largest absolute Gasteiger partial charge is 0.505 e. The number of rotatable bonds is 3. The number of aliphatic hydroxyl groups excluding tert-OH is 1. The van der Waals surface area contributed by atoms with Gasteiger partial charge in [-0.15, -0.1) is 0 Å². The van der Waals surface area contributed by atoms with Gasteiger partial charge in [0.2, 0.25) is 5.39 Å².